The summed E-state index contributed by atoms with van der Waals surface area (Å²) in [6.45, 7) is 2.99. The van der Waals surface area contributed by atoms with E-state index in [-0.39, 0.29) is 23.3 Å². The van der Waals surface area contributed by atoms with E-state index in [0.29, 0.717) is 11.3 Å². The van der Waals surface area contributed by atoms with Gasteiger partial charge in [-0.25, -0.2) is 0 Å². The Balaban J connectivity index is 1.00. The van der Waals surface area contributed by atoms with Crippen LogP contribution in [0.2, 0.25) is 0 Å². The first-order valence-corrected chi connectivity index (χ1v) is 18.0. The van der Waals surface area contributed by atoms with Crippen LogP contribution >= 0.6 is 11.8 Å². The molecule has 1 heterocycles. The number of thioether (sulfide) groups is 1. The predicted molar refractivity (Wildman–Crippen MR) is 213 cm³/mol. The number of carbonyl (C=O) groups is 3. The van der Waals surface area contributed by atoms with E-state index in [2.05, 4.69) is 45.6 Å². The lowest BCUT2D eigenvalue weighted by Gasteiger charge is -2.12. The number of para-hydroxylation sites is 1. The molecule has 3 N–H and O–H groups in total. The Bertz CT molecular complexity index is 2400. The van der Waals surface area contributed by atoms with Crippen LogP contribution in [0.1, 0.15) is 22.8 Å². The van der Waals surface area contributed by atoms with Gasteiger partial charge in [-0.1, -0.05) is 91.0 Å². The fourth-order valence-electron chi connectivity index (χ4n) is 6.16. The van der Waals surface area contributed by atoms with Gasteiger partial charge in [-0.05, 0) is 90.4 Å². The Labute approximate surface area is 306 Å². The average molecular weight is 701 g/mol. The smallest absolute Gasteiger partial charge is 0.272 e. The number of benzene rings is 6. The van der Waals surface area contributed by atoms with Gasteiger partial charge in [0.05, 0.1) is 5.75 Å². The summed E-state index contributed by atoms with van der Waals surface area (Å²) in [5.74, 6) is -0.737. The van der Waals surface area contributed by atoms with Crippen molar-refractivity contribution in [2.45, 2.75) is 18.4 Å². The molecule has 3 amide bonds. The third-order valence-corrected chi connectivity index (χ3v) is 9.72. The number of nitrogens with one attached hydrogen (secondary N) is 3. The second-order valence-electron chi connectivity index (χ2n) is 12.2. The van der Waals surface area contributed by atoms with Gasteiger partial charge in [-0.15, -0.1) is 11.8 Å². The van der Waals surface area contributed by atoms with Crippen molar-refractivity contribution in [1.82, 2.24) is 9.88 Å². The predicted octanol–water partition coefficient (Wildman–Crippen LogP) is 9.62. The number of hydrogen-bond acceptors (Lipinski definition) is 4. The summed E-state index contributed by atoms with van der Waals surface area (Å²) >= 11 is 1.41. The van der Waals surface area contributed by atoms with Gasteiger partial charge in [0.2, 0.25) is 5.91 Å². The molecule has 0 bridgehead atoms. The number of aryl methyl sites for hydroxylation is 1. The van der Waals surface area contributed by atoms with E-state index in [4.69, 9.17) is 0 Å². The van der Waals surface area contributed by atoms with Gasteiger partial charge in [0, 0.05) is 50.2 Å². The van der Waals surface area contributed by atoms with Crippen LogP contribution in [-0.4, -0.2) is 28.0 Å². The zero-order valence-electron chi connectivity index (χ0n) is 28.5. The van der Waals surface area contributed by atoms with Crippen molar-refractivity contribution in [2.24, 2.45) is 0 Å². The Kier molecular flexibility index (Phi) is 10.3. The van der Waals surface area contributed by atoms with E-state index >= 15 is 0 Å². The first-order chi connectivity index (χ1) is 25.4. The van der Waals surface area contributed by atoms with Crippen LogP contribution < -0.4 is 16.0 Å². The Morgan fingerprint density at radius 3 is 2.00 bits per heavy atom. The summed E-state index contributed by atoms with van der Waals surface area (Å²) in [5, 5.41) is 11.0. The minimum Gasteiger partial charge on any atom is -0.341 e. The number of fused-ring (bicyclic) bond motifs is 3. The highest BCUT2D eigenvalue weighted by molar-refractivity contribution is 8.00. The molecule has 0 fully saturated rings. The molecule has 0 saturated heterocycles. The molecule has 0 aliphatic carbocycles. The largest absolute Gasteiger partial charge is 0.341 e. The third kappa shape index (κ3) is 7.83. The Hall–Kier alpha value is -6.38. The van der Waals surface area contributed by atoms with Gasteiger partial charge in [0.1, 0.15) is 5.70 Å². The summed E-state index contributed by atoms with van der Waals surface area (Å²) in [4.78, 5) is 40.5. The van der Waals surface area contributed by atoms with E-state index in [1.54, 1.807) is 42.5 Å². The molecule has 256 valence electrons. The summed E-state index contributed by atoms with van der Waals surface area (Å²) in [7, 11) is 0. The number of anilines is 2. The normalized spacial score (nSPS) is 11.4. The minimum atomic E-state index is -0.463. The molecule has 0 radical (unpaired) electrons. The molecule has 0 unspecified atom stereocenters. The maximum absolute atomic E-state index is 13.6. The van der Waals surface area contributed by atoms with Crippen molar-refractivity contribution in [2.75, 3.05) is 16.4 Å². The monoisotopic (exact) mass is 700 g/mol. The fraction of sp³-hybridized carbons (Fsp3) is 0.0682. The van der Waals surface area contributed by atoms with Crippen molar-refractivity contribution in [3.05, 3.63) is 168 Å². The van der Waals surface area contributed by atoms with E-state index in [9.17, 15) is 14.4 Å². The minimum absolute atomic E-state index is 0.105. The number of hydrogen-bond donors (Lipinski definition) is 3. The van der Waals surface area contributed by atoms with Crippen LogP contribution in [0.25, 0.3) is 39.0 Å². The summed E-state index contributed by atoms with van der Waals surface area (Å²) in [6.07, 6.45) is 1.66. The van der Waals surface area contributed by atoms with Gasteiger partial charge in [-0.2, -0.15) is 0 Å². The van der Waals surface area contributed by atoms with Crippen molar-refractivity contribution in [1.29, 1.82) is 0 Å². The van der Waals surface area contributed by atoms with E-state index < -0.39 is 5.91 Å². The van der Waals surface area contributed by atoms with E-state index in [1.807, 2.05) is 97.1 Å². The molecule has 7 nitrogen and oxygen atoms in total. The lowest BCUT2D eigenvalue weighted by atomic mass is 10.0. The second kappa shape index (κ2) is 15.7. The third-order valence-electron chi connectivity index (χ3n) is 8.71. The molecule has 1 aromatic heterocycles. The molecule has 6 aromatic carbocycles. The molecule has 7 rings (SSSR count). The van der Waals surface area contributed by atoms with Crippen molar-refractivity contribution >= 4 is 68.7 Å². The van der Waals surface area contributed by atoms with Gasteiger partial charge < -0.3 is 20.5 Å². The molecule has 0 spiro atoms. The number of rotatable bonds is 11. The molecule has 0 aliphatic heterocycles. The van der Waals surface area contributed by atoms with Gasteiger partial charge >= 0.3 is 0 Å². The highest BCUT2D eigenvalue weighted by Crippen LogP contribution is 2.31. The Morgan fingerprint density at radius 1 is 0.635 bits per heavy atom. The maximum atomic E-state index is 13.6. The molecule has 0 aliphatic rings. The highest BCUT2D eigenvalue weighted by Gasteiger charge is 2.16. The molecule has 8 heteroatoms. The maximum Gasteiger partial charge on any atom is 0.272 e. The number of nitrogens with zero attached hydrogens (tertiary/aromatic N) is 1. The molecule has 0 atom stereocenters. The zero-order chi connectivity index (χ0) is 35.9. The van der Waals surface area contributed by atoms with Crippen molar-refractivity contribution < 1.29 is 14.4 Å². The summed E-state index contributed by atoms with van der Waals surface area (Å²) in [6, 6.07) is 48.2. The molecule has 52 heavy (non-hydrogen) atoms. The van der Waals surface area contributed by atoms with Gasteiger partial charge in [0.25, 0.3) is 11.8 Å². The highest BCUT2D eigenvalue weighted by atomic mass is 32.2. The quantitative estimate of drug-likeness (QED) is 0.0926. The summed E-state index contributed by atoms with van der Waals surface area (Å²) < 4.78 is 2.28. The van der Waals surface area contributed by atoms with Crippen molar-refractivity contribution in [3.63, 3.8) is 0 Å². The van der Waals surface area contributed by atoms with Crippen molar-refractivity contribution in [3.8, 4) is 11.1 Å². The van der Waals surface area contributed by atoms with Crippen LogP contribution in [0.3, 0.4) is 0 Å². The summed E-state index contributed by atoms with van der Waals surface area (Å²) in [5.41, 5.74) is 7.07. The lowest BCUT2D eigenvalue weighted by molar-refractivity contribution is -0.114. The standard InChI is InChI=1S/C44H36N4O3S/c1-2-48-40-16-10-9-15-37(40)38-28-35(23-26-41(38)48)45-42(49)29-52-36-24-21-34(22-25-36)46-44(51)39(47-43(50)33-13-7-4-8-14-33)27-30-17-19-32(20-18-30)31-11-5-3-6-12-31/h3-28H,2,29H2,1H3,(H,45,49)(H,46,51)(H,47,50)/b39-27-. The first-order valence-electron chi connectivity index (χ1n) is 17.0. The fourth-order valence-corrected chi connectivity index (χ4v) is 6.86. The number of carbonyl (C=O) groups excluding carboxylic acids is 3. The molecule has 0 saturated carbocycles. The zero-order valence-corrected chi connectivity index (χ0v) is 29.3. The van der Waals surface area contributed by atoms with Crippen LogP contribution in [0.5, 0.6) is 0 Å². The van der Waals surface area contributed by atoms with Crippen LogP contribution in [0, 0.1) is 0 Å². The Morgan fingerprint density at radius 2 is 1.27 bits per heavy atom. The van der Waals surface area contributed by atoms with Gasteiger partial charge in [-0.3, -0.25) is 14.4 Å². The topological polar surface area (TPSA) is 92.2 Å². The lowest BCUT2D eigenvalue weighted by Crippen LogP contribution is -2.30. The molecular formula is C44H36N4O3S. The van der Waals surface area contributed by atoms with E-state index in [1.165, 1.54) is 17.3 Å². The van der Waals surface area contributed by atoms with Crippen LogP contribution in [0.4, 0.5) is 11.4 Å². The number of aromatic nitrogens is 1. The second-order valence-corrected chi connectivity index (χ2v) is 13.2. The van der Waals surface area contributed by atoms with Crippen LogP contribution in [-0.2, 0) is 16.1 Å². The first kappa shape index (κ1) is 34.1. The van der Waals surface area contributed by atoms with E-state index in [0.717, 1.165) is 50.1 Å². The molecular weight excluding hydrogens is 665 g/mol. The van der Waals surface area contributed by atoms with Crippen LogP contribution in [0.15, 0.2) is 162 Å². The SMILES string of the molecule is CCn1c2ccccc2c2cc(NC(=O)CSc3ccc(NC(=O)/C(=C/c4ccc(-c5ccccc5)cc4)NC(=O)c4ccccc4)cc3)ccc21. The average Bonchev–Trinajstić information content (AvgIpc) is 3.51. The van der Waals surface area contributed by atoms with Gasteiger partial charge in [0.15, 0.2) is 0 Å². The molecule has 7 aromatic rings. The number of amides is 3.